The van der Waals surface area contributed by atoms with Crippen LogP contribution in [0.3, 0.4) is 0 Å². The molecule has 1 saturated heterocycles. The Hall–Kier alpha value is -3.69. The molecule has 1 aliphatic rings. The van der Waals surface area contributed by atoms with Crippen LogP contribution in [-0.4, -0.2) is 37.6 Å². The maximum absolute atomic E-state index is 13.1. The first-order chi connectivity index (χ1) is 19.1. The molecule has 1 fully saturated rings. The van der Waals surface area contributed by atoms with Gasteiger partial charge in [-0.1, -0.05) is 50.6 Å². The first-order valence-electron chi connectivity index (χ1n) is 13.6. The zero-order chi connectivity index (χ0) is 28.9. The maximum atomic E-state index is 13.1. The molecule has 0 atom stereocenters. The number of nitrogens with one attached hydrogen (secondary N) is 2. The number of amides is 2. The molecule has 0 aromatic heterocycles. The molecule has 1 heterocycles. The van der Waals surface area contributed by atoms with Crippen molar-refractivity contribution in [2.45, 2.75) is 64.4 Å². The van der Waals surface area contributed by atoms with E-state index in [9.17, 15) is 18.0 Å². The third kappa shape index (κ3) is 6.89. The molecule has 4 rings (SSSR count). The largest absolute Gasteiger partial charge is 0.489 e. The third-order valence-corrected chi connectivity index (χ3v) is 8.99. The number of piperidine rings is 1. The van der Waals surface area contributed by atoms with Crippen molar-refractivity contribution in [3.8, 4) is 5.75 Å². The molecule has 3 aromatic carbocycles. The number of carbonyl (C=O) groups is 2. The van der Waals surface area contributed by atoms with Crippen molar-refractivity contribution in [3.63, 3.8) is 0 Å². The van der Waals surface area contributed by atoms with Crippen LogP contribution in [0, 0.1) is 13.8 Å². The van der Waals surface area contributed by atoms with Gasteiger partial charge in [-0.15, -0.1) is 0 Å². The van der Waals surface area contributed by atoms with Gasteiger partial charge in [-0.25, -0.2) is 8.42 Å². The lowest BCUT2D eigenvalue weighted by Gasteiger charge is -2.26. The first-order valence-corrected chi connectivity index (χ1v) is 15.0. The normalized spacial score (nSPS) is 14.1. The Labute approximate surface area is 236 Å². The lowest BCUT2D eigenvalue weighted by atomic mass is 10.0. The van der Waals surface area contributed by atoms with Crippen LogP contribution in [0.25, 0.3) is 0 Å². The second-order valence-electron chi connectivity index (χ2n) is 10.5. The standard InChI is InChI=1S/C31H37N3O5S/c1-21(2)27-15-8-22(3)18-29(27)39-20-24-10-12-25(13-11-24)30(35)32-33-31(36)28-19-26(14-9-23(28)4)40(37,38)34-16-6-5-7-17-34/h8-15,18-19,21H,5-7,16-17,20H2,1-4H3,(H,32,35)(H,33,36). The summed E-state index contributed by atoms with van der Waals surface area (Å²) in [5.41, 5.74) is 9.14. The van der Waals surface area contributed by atoms with E-state index in [0.29, 0.717) is 36.7 Å². The summed E-state index contributed by atoms with van der Waals surface area (Å²) < 4.78 is 33.6. The second kappa shape index (κ2) is 12.7. The van der Waals surface area contributed by atoms with Gasteiger partial charge >= 0.3 is 0 Å². The van der Waals surface area contributed by atoms with Crippen molar-refractivity contribution in [1.29, 1.82) is 0 Å². The minimum Gasteiger partial charge on any atom is -0.489 e. The predicted octanol–water partition coefficient (Wildman–Crippen LogP) is 5.26. The van der Waals surface area contributed by atoms with Crippen LogP contribution >= 0.6 is 0 Å². The van der Waals surface area contributed by atoms with Crippen LogP contribution in [0.2, 0.25) is 0 Å². The van der Waals surface area contributed by atoms with Gasteiger partial charge in [0, 0.05) is 24.2 Å². The molecule has 0 unspecified atom stereocenters. The van der Waals surface area contributed by atoms with E-state index in [1.54, 1.807) is 37.3 Å². The molecule has 0 spiro atoms. The fraction of sp³-hybridized carbons (Fsp3) is 0.355. The number of aryl methyl sites for hydroxylation is 2. The van der Waals surface area contributed by atoms with Crippen LogP contribution in [0.5, 0.6) is 5.75 Å². The van der Waals surface area contributed by atoms with Crippen LogP contribution < -0.4 is 15.6 Å². The van der Waals surface area contributed by atoms with Crippen LogP contribution in [-0.2, 0) is 16.6 Å². The van der Waals surface area contributed by atoms with Gasteiger partial charge in [0.05, 0.1) is 4.90 Å². The second-order valence-corrected chi connectivity index (χ2v) is 12.5. The molecular formula is C31H37N3O5S. The summed E-state index contributed by atoms with van der Waals surface area (Å²) >= 11 is 0. The van der Waals surface area contributed by atoms with Crippen molar-refractivity contribution < 1.29 is 22.7 Å². The van der Waals surface area contributed by atoms with E-state index in [4.69, 9.17) is 4.74 Å². The van der Waals surface area contributed by atoms with E-state index < -0.39 is 21.8 Å². The Bertz CT molecular complexity index is 1480. The molecule has 3 aromatic rings. The molecule has 212 valence electrons. The molecule has 1 aliphatic heterocycles. The molecule has 2 amide bonds. The van der Waals surface area contributed by atoms with Crippen LogP contribution in [0.15, 0.2) is 65.6 Å². The Morgan fingerprint density at radius 3 is 2.23 bits per heavy atom. The Kier molecular flexibility index (Phi) is 9.27. The van der Waals surface area contributed by atoms with E-state index in [0.717, 1.165) is 41.7 Å². The van der Waals surface area contributed by atoms with E-state index in [2.05, 4.69) is 36.8 Å². The minimum absolute atomic E-state index is 0.0699. The topological polar surface area (TPSA) is 105 Å². The molecule has 40 heavy (non-hydrogen) atoms. The summed E-state index contributed by atoms with van der Waals surface area (Å²) in [5.74, 6) is 0.104. The van der Waals surface area contributed by atoms with Gasteiger partial charge in [0.2, 0.25) is 10.0 Å². The molecule has 0 radical (unpaired) electrons. The quantitative estimate of drug-likeness (QED) is 0.364. The van der Waals surface area contributed by atoms with Crippen molar-refractivity contribution in [2.75, 3.05) is 13.1 Å². The fourth-order valence-electron chi connectivity index (χ4n) is 4.67. The van der Waals surface area contributed by atoms with Gasteiger partial charge in [-0.3, -0.25) is 20.4 Å². The summed E-state index contributed by atoms with van der Waals surface area (Å²) in [6.45, 7) is 9.30. The number of sulfonamides is 1. The molecule has 0 saturated carbocycles. The number of hydrazine groups is 1. The van der Waals surface area contributed by atoms with E-state index >= 15 is 0 Å². The minimum atomic E-state index is -3.69. The highest BCUT2D eigenvalue weighted by Gasteiger charge is 2.27. The van der Waals surface area contributed by atoms with Gasteiger partial charge in [0.15, 0.2) is 0 Å². The predicted molar refractivity (Wildman–Crippen MR) is 155 cm³/mol. The fourth-order valence-corrected chi connectivity index (χ4v) is 6.21. The number of carbonyl (C=O) groups excluding carboxylic acids is 2. The summed E-state index contributed by atoms with van der Waals surface area (Å²) in [4.78, 5) is 25.6. The summed E-state index contributed by atoms with van der Waals surface area (Å²) in [7, 11) is -3.69. The average molecular weight is 564 g/mol. The number of ether oxygens (including phenoxy) is 1. The van der Waals surface area contributed by atoms with Crippen molar-refractivity contribution in [1.82, 2.24) is 15.2 Å². The Balaban J connectivity index is 1.36. The molecular weight excluding hydrogens is 526 g/mol. The summed E-state index contributed by atoms with van der Waals surface area (Å²) in [6.07, 6.45) is 2.66. The van der Waals surface area contributed by atoms with Gasteiger partial charge in [0.1, 0.15) is 12.4 Å². The Morgan fingerprint density at radius 2 is 1.55 bits per heavy atom. The first kappa shape index (κ1) is 29.3. The monoisotopic (exact) mass is 563 g/mol. The van der Waals surface area contributed by atoms with Gasteiger partial charge < -0.3 is 4.74 Å². The molecule has 8 nitrogen and oxygen atoms in total. The van der Waals surface area contributed by atoms with Gasteiger partial charge in [-0.2, -0.15) is 4.31 Å². The number of rotatable bonds is 8. The highest BCUT2D eigenvalue weighted by molar-refractivity contribution is 7.89. The summed E-state index contributed by atoms with van der Waals surface area (Å²) in [5, 5.41) is 0. The lowest BCUT2D eigenvalue weighted by Crippen LogP contribution is -2.42. The van der Waals surface area contributed by atoms with Crippen molar-refractivity contribution >= 4 is 21.8 Å². The molecule has 2 N–H and O–H groups in total. The molecule has 0 aliphatic carbocycles. The average Bonchev–Trinajstić information content (AvgIpc) is 2.95. The summed E-state index contributed by atoms with van der Waals surface area (Å²) in [6, 6.07) is 17.6. The number of nitrogens with zero attached hydrogens (tertiary/aromatic N) is 1. The van der Waals surface area contributed by atoms with Crippen molar-refractivity contribution in [3.05, 3.63) is 94.0 Å². The molecule has 0 bridgehead atoms. The highest BCUT2D eigenvalue weighted by Crippen LogP contribution is 2.28. The zero-order valence-corrected chi connectivity index (χ0v) is 24.3. The molecule has 9 heteroatoms. The maximum Gasteiger partial charge on any atom is 0.270 e. The van der Waals surface area contributed by atoms with Gasteiger partial charge in [-0.05, 0) is 85.2 Å². The third-order valence-electron chi connectivity index (χ3n) is 7.10. The number of hydrogen-bond acceptors (Lipinski definition) is 5. The lowest BCUT2D eigenvalue weighted by molar-refractivity contribution is 0.0846. The van der Waals surface area contributed by atoms with Crippen molar-refractivity contribution in [2.24, 2.45) is 0 Å². The van der Waals surface area contributed by atoms with Crippen LogP contribution in [0.1, 0.15) is 82.0 Å². The van der Waals surface area contributed by atoms with E-state index in [1.165, 1.54) is 16.4 Å². The van der Waals surface area contributed by atoms with Crippen LogP contribution in [0.4, 0.5) is 0 Å². The smallest absolute Gasteiger partial charge is 0.270 e. The SMILES string of the molecule is Cc1ccc(C(C)C)c(OCc2ccc(C(=O)NNC(=O)c3cc(S(=O)(=O)N4CCCCC4)ccc3C)cc2)c1. The number of hydrogen-bond donors (Lipinski definition) is 2. The van der Waals surface area contributed by atoms with E-state index in [-0.39, 0.29) is 10.5 Å². The van der Waals surface area contributed by atoms with E-state index in [1.807, 2.05) is 13.0 Å². The zero-order valence-electron chi connectivity index (χ0n) is 23.5. The van der Waals surface area contributed by atoms with Gasteiger partial charge in [0.25, 0.3) is 11.8 Å². The Morgan fingerprint density at radius 1 is 0.875 bits per heavy atom. The highest BCUT2D eigenvalue weighted by atomic mass is 32.2. The number of benzene rings is 3.